The molecule has 0 spiro atoms. The van der Waals surface area contributed by atoms with Crippen LogP contribution in [0.2, 0.25) is 0 Å². The van der Waals surface area contributed by atoms with Crippen LogP contribution in [0.5, 0.6) is 17.2 Å². The van der Waals surface area contributed by atoms with Crippen LogP contribution in [0.25, 0.3) is 0 Å². The normalized spacial score (nSPS) is 17.2. The zero-order valence-corrected chi connectivity index (χ0v) is 19.9. The van der Waals surface area contributed by atoms with Crippen molar-refractivity contribution in [3.63, 3.8) is 0 Å². The monoisotopic (exact) mass is 512 g/mol. The van der Waals surface area contributed by atoms with Crippen molar-refractivity contribution in [2.24, 2.45) is 0 Å². The third-order valence-corrected chi connectivity index (χ3v) is 7.87. The zero-order valence-electron chi connectivity index (χ0n) is 19.1. The molecule has 0 radical (unpaired) electrons. The lowest BCUT2D eigenvalue weighted by Crippen LogP contribution is -2.45. The summed E-state index contributed by atoms with van der Waals surface area (Å²) in [7, 11) is -2.78. The molecule has 2 amide bonds. The van der Waals surface area contributed by atoms with Crippen LogP contribution in [0.1, 0.15) is 12.0 Å². The molecule has 0 aromatic heterocycles. The molecule has 2 aliphatic rings. The first kappa shape index (κ1) is 23.8. The molecular formula is C25H21FN2O7S. The fourth-order valence-electron chi connectivity index (χ4n) is 4.17. The van der Waals surface area contributed by atoms with Crippen LogP contribution in [0.3, 0.4) is 0 Å². The molecule has 11 heteroatoms. The van der Waals surface area contributed by atoms with Gasteiger partial charge in [-0.05, 0) is 66.2 Å². The number of benzene rings is 3. The number of ether oxygens (including phenoxy) is 3. The Kier molecular flexibility index (Phi) is 6.10. The number of carbonyl (C=O) groups is 2. The minimum atomic E-state index is -4.24. The number of methoxy groups -OCH3 is 1. The molecule has 186 valence electrons. The van der Waals surface area contributed by atoms with Gasteiger partial charge >= 0.3 is 0 Å². The predicted molar refractivity (Wildman–Crippen MR) is 126 cm³/mol. The van der Waals surface area contributed by atoms with E-state index < -0.39 is 33.7 Å². The number of anilines is 1. The molecular weight excluding hydrogens is 491 g/mol. The number of fused-ring (bicyclic) bond motifs is 1. The minimum absolute atomic E-state index is 0.0505. The van der Waals surface area contributed by atoms with Gasteiger partial charge in [0.2, 0.25) is 22.7 Å². The van der Waals surface area contributed by atoms with Crippen molar-refractivity contribution in [1.82, 2.24) is 4.31 Å². The molecule has 1 atom stereocenters. The Morgan fingerprint density at radius 1 is 1.00 bits per heavy atom. The molecule has 0 N–H and O–H groups in total. The van der Waals surface area contributed by atoms with E-state index in [1.54, 1.807) is 18.2 Å². The average Bonchev–Trinajstić information content (AvgIpc) is 3.46. The van der Waals surface area contributed by atoms with Gasteiger partial charge < -0.3 is 14.2 Å². The summed E-state index contributed by atoms with van der Waals surface area (Å²) in [5, 5.41) is 0. The first-order valence-electron chi connectivity index (χ1n) is 10.9. The predicted octanol–water partition coefficient (Wildman–Crippen LogP) is 3.09. The van der Waals surface area contributed by atoms with Gasteiger partial charge in [-0.2, -0.15) is 4.31 Å². The van der Waals surface area contributed by atoms with E-state index in [0.29, 0.717) is 22.8 Å². The van der Waals surface area contributed by atoms with E-state index in [9.17, 15) is 22.4 Å². The van der Waals surface area contributed by atoms with Gasteiger partial charge in [0, 0.05) is 6.54 Å². The van der Waals surface area contributed by atoms with Crippen molar-refractivity contribution < 1.29 is 36.6 Å². The van der Waals surface area contributed by atoms with E-state index in [1.807, 2.05) is 0 Å². The van der Waals surface area contributed by atoms with Crippen LogP contribution in [0.4, 0.5) is 10.1 Å². The van der Waals surface area contributed by atoms with Crippen molar-refractivity contribution in [2.75, 3.05) is 18.8 Å². The highest BCUT2D eigenvalue weighted by molar-refractivity contribution is 7.89. The van der Waals surface area contributed by atoms with E-state index >= 15 is 0 Å². The zero-order chi connectivity index (χ0) is 25.4. The van der Waals surface area contributed by atoms with Crippen LogP contribution in [-0.2, 0) is 26.2 Å². The van der Waals surface area contributed by atoms with Gasteiger partial charge in [0.05, 0.1) is 24.1 Å². The maximum Gasteiger partial charge on any atom is 0.252 e. The van der Waals surface area contributed by atoms with Gasteiger partial charge in [0.15, 0.2) is 11.5 Å². The number of hydrogen-bond donors (Lipinski definition) is 0. The molecule has 0 bridgehead atoms. The number of nitrogens with zero attached hydrogens (tertiary/aromatic N) is 2. The first-order chi connectivity index (χ1) is 17.3. The van der Waals surface area contributed by atoms with Crippen molar-refractivity contribution in [3.05, 3.63) is 78.1 Å². The SMILES string of the molecule is COc1ccc(S(=O)(=O)N(Cc2ccc3c(c2)OCO3)C2CC(=O)N(c3ccc(F)cc3)C2=O)cc1. The average molecular weight is 513 g/mol. The van der Waals surface area contributed by atoms with Crippen LogP contribution in [0.15, 0.2) is 71.6 Å². The van der Waals surface area contributed by atoms with Crippen LogP contribution < -0.4 is 19.1 Å². The van der Waals surface area contributed by atoms with E-state index in [0.717, 1.165) is 21.3 Å². The maximum atomic E-state index is 13.8. The van der Waals surface area contributed by atoms with Gasteiger partial charge in [0.25, 0.3) is 5.91 Å². The number of amides is 2. The second-order valence-electron chi connectivity index (χ2n) is 8.18. The molecule has 1 saturated heterocycles. The Bertz CT molecular complexity index is 1430. The molecule has 3 aromatic carbocycles. The van der Waals surface area contributed by atoms with Gasteiger partial charge in [-0.1, -0.05) is 6.07 Å². The second-order valence-corrected chi connectivity index (χ2v) is 10.1. The number of hydrogen-bond acceptors (Lipinski definition) is 7. The molecule has 1 unspecified atom stereocenters. The van der Waals surface area contributed by atoms with E-state index in [2.05, 4.69) is 0 Å². The Hall–Kier alpha value is -3.96. The van der Waals surface area contributed by atoms with Crippen LogP contribution in [-0.4, -0.2) is 44.5 Å². The second kappa shape index (κ2) is 9.25. The van der Waals surface area contributed by atoms with E-state index in [1.165, 1.54) is 43.5 Å². The summed E-state index contributed by atoms with van der Waals surface area (Å²) in [6.07, 6.45) is -0.365. The number of carbonyl (C=O) groups excluding carboxylic acids is 2. The largest absolute Gasteiger partial charge is 0.497 e. The summed E-state index contributed by atoms with van der Waals surface area (Å²) in [5.41, 5.74) is 0.704. The summed E-state index contributed by atoms with van der Waals surface area (Å²) < 4.78 is 57.8. The molecule has 1 fully saturated rings. The first-order valence-corrected chi connectivity index (χ1v) is 12.4. The Morgan fingerprint density at radius 3 is 2.39 bits per heavy atom. The van der Waals surface area contributed by atoms with Crippen LogP contribution in [0, 0.1) is 5.82 Å². The number of halogens is 1. The maximum absolute atomic E-state index is 13.8. The Morgan fingerprint density at radius 2 is 1.69 bits per heavy atom. The van der Waals surface area contributed by atoms with E-state index in [-0.39, 0.29) is 30.3 Å². The summed E-state index contributed by atoms with van der Waals surface area (Å²) >= 11 is 0. The van der Waals surface area contributed by atoms with Gasteiger partial charge in [0.1, 0.15) is 17.6 Å². The molecule has 2 heterocycles. The lowest BCUT2D eigenvalue weighted by atomic mass is 10.1. The molecule has 0 saturated carbocycles. The summed E-state index contributed by atoms with van der Waals surface area (Å²) in [6, 6.07) is 14.3. The highest BCUT2D eigenvalue weighted by atomic mass is 32.2. The lowest BCUT2D eigenvalue weighted by molar-refractivity contribution is -0.122. The topological polar surface area (TPSA) is 102 Å². The molecule has 9 nitrogen and oxygen atoms in total. The number of imide groups is 1. The van der Waals surface area contributed by atoms with Crippen molar-refractivity contribution in [1.29, 1.82) is 0 Å². The van der Waals surface area contributed by atoms with Crippen molar-refractivity contribution in [2.45, 2.75) is 23.9 Å². The quantitative estimate of drug-likeness (QED) is 0.449. The van der Waals surface area contributed by atoms with Gasteiger partial charge in [-0.3, -0.25) is 9.59 Å². The molecule has 3 aromatic rings. The van der Waals surface area contributed by atoms with Gasteiger partial charge in [-0.15, -0.1) is 0 Å². The fourth-order valence-corrected chi connectivity index (χ4v) is 5.74. The van der Waals surface area contributed by atoms with Gasteiger partial charge in [-0.25, -0.2) is 17.7 Å². The van der Waals surface area contributed by atoms with Crippen LogP contribution >= 0.6 is 0 Å². The molecule has 36 heavy (non-hydrogen) atoms. The number of rotatable bonds is 7. The van der Waals surface area contributed by atoms with E-state index in [4.69, 9.17) is 14.2 Å². The van der Waals surface area contributed by atoms with Crippen molar-refractivity contribution in [3.8, 4) is 17.2 Å². The third kappa shape index (κ3) is 4.27. The standard InChI is InChI=1S/C25H21FN2O7S/c1-33-19-7-9-20(10-8-19)36(31,32)27(14-16-2-11-22-23(12-16)35-15-34-22)21-13-24(29)28(25(21)30)18-5-3-17(26)4-6-18/h2-12,21H,13-15H2,1H3. The highest BCUT2D eigenvalue weighted by Crippen LogP contribution is 2.35. The minimum Gasteiger partial charge on any atom is -0.497 e. The summed E-state index contributed by atoms with van der Waals surface area (Å²) in [4.78, 5) is 27.1. The lowest BCUT2D eigenvalue weighted by Gasteiger charge is -2.27. The molecule has 5 rings (SSSR count). The Labute approximate surface area is 206 Å². The summed E-state index contributed by atoms with van der Waals surface area (Å²) in [5.74, 6) is -0.387. The molecule has 2 aliphatic heterocycles. The fraction of sp³-hybridized carbons (Fsp3) is 0.200. The highest BCUT2D eigenvalue weighted by Gasteiger charge is 2.47. The summed E-state index contributed by atoms with van der Waals surface area (Å²) in [6.45, 7) is -0.152. The van der Waals surface area contributed by atoms with Crippen molar-refractivity contribution >= 4 is 27.5 Å². The number of sulfonamides is 1. The Balaban J connectivity index is 1.53. The third-order valence-electron chi connectivity index (χ3n) is 6.00. The smallest absolute Gasteiger partial charge is 0.252 e. The molecule has 0 aliphatic carbocycles.